The van der Waals surface area contributed by atoms with E-state index in [4.69, 9.17) is 0 Å². The maximum atomic E-state index is 12.9. The lowest BCUT2D eigenvalue weighted by molar-refractivity contribution is 0.0582. The first-order valence-corrected chi connectivity index (χ1v) is 12.4. The van der Waals surface area contributed by atoms with Crippen molar-refractivity contribution in [2.45, 2.75) is 19.0 Å². The highest BCUT2D eigenvalue weighted by Crippen LogP contribution is 2.21. The first-order chi connectivity index (χ1) is 15.0. The predicted octanol–water partition coefficient (Wildman–Crippen LogP) is 1.42. The summed E-state index contributed by atoms with van der Waals surface area (Å²) in [5.41, 5.74) is 1.47. The van der Waals surface area contributed by atoms with E-state index < -0.39 is 9.84 Å². The van der Waals surface area contributed by atoms with Crippen molar-refractivity contribution >= 4 is 26.5 Å². The summed E-state index contributed by atoms with van der Waals surface area (Å²) in [5, 5.41) is 10.6. The van der Waals surface area contributed by atoms with E-state index in [1.54, 1.807) is 15.8 Å². The van der Waals surface area contributed by atoms with Crippen LogP contribution in [0.3, 0.4) is 0 Å². The number of carbonyl (C=O) groups is 1. The predicted molar refractivity (Wildman–Crippen MR) is 118 cm³/mol. The Labute approximate surface area is 181 Å². The second kappa shape index (κ2) is 8.05. The number of carbonyl (C=O) groups excluding carboxylic acids is 1. The van der Waals surface area contributed by atoms with Crippen molar-refractivity contribution in [3.8, 4) is 0 Å². The molecule has 2 aliphatic rings. The van der Waals surface area contributed by atoms with Gasteiger partial charge in [-0.3, -0.25) is 9.69 Å². The summed E-state index contributed by atoms with van der Waals surface area (Å²) >= 11 is 0. The van der Waals surface area contributed by atoms with Gasteiger partial charge in [0.1, 0.15) is 0 Å². The van der Waals surface area contributed by atoms with E-state index in [0.29, 0.717) is 44.8 Å². The van der Waals surface area contributed by atoms with Gasteiger partial charge in [0.15, 0.2) is 15.5 Å². The number of nitrogens with zero attached hydrogens (tertiary/aromatic N) is 5. The number of rotatable bonds is 4. The minimum Gasteiger partial charge on any atom is -0.335 e. The van der Waals surface area contributed by atoms with E-state index in [0.717, 1.165) is 5.56 Å². The molecule has 1 amide bonds. The minimum absolute atomic E-state index is 0.0869. The van der Waals surface area contributed by atoms with Crippen LogP contribution in [-0.2, 0) is 16.4 Å². The number of piperazine rings is 1. The molecule has 1 aromatic heterocycles. The average molecular weight is 440 g/mol. The molecule has 9 heteroatoms. The first-order valence-electron chi connectivity index (χ1n) is 10.6. The largest absolute Gasteiger partial charge is 0.335 e. The van der Waals surface area contributed by atoms with Crippen LogP contribution in [0.15, 0.2) is 48.7 Å². The molecule has 5 rings (SSSR count). The van der Waals surface area contributed by atoms with Crippen LogP contribution in [0.4, 0.5) is 0 Å². The topological polar surface area (TPSA) is 88.4 Å². The quantitative estimate of drug-likeness (QED) is 0.611. The Morgan fingerprint density at radius 1 is 1.03 bits per heavy atom. The SMILES string of the molecule is O=C(c1cn(Cc2cccc3ccccc23)nn1)N1CCN(C2CCS(=O)(=O)C2)CC1. The van der Waals surface area contributed by atoms with E-state index in [9.17, 15) is 13.2 Å². The summed E-state index contributed by atoms with van der Waals surface area (Å²) in [4.78, 5) is 16.9. The number of hydrogen-bond donors (Lipinski definition) is 0. The van der Waals surface area contributed by atoms with Gasteiger partial charge in [-0.2, -0.15) is 0 Å². The summed E-state index contributed by atoms with van der Waals surface area (Å²) < 4.78 is 25.2. The van der Waals surface area contributed by atoms with E-state index in [1.807, 2.05) is 18.2 Å². The van der Waals surface area contributed by atoms with Gasteiger partial charge in [0.2, 0.25) is 0 Å². The van der Waals surface area contributed by atoms with E-state index in [2.05, 4.69) is 39.5 Å². The molecule has 0 aliphatic carbocycles. The van der Waals surface area contributed by atoms with Gasteiger partial charge in [-0.25, -0.2) is 13.1 Å². The molecule has 0 spiro atoms. The van der Waals surface area contributed by atoms with Crippen LogP contribution in [0.25, 0.3) is 10.8 Å². The Morgan fingerprint density at radius 3 is 2.58 bits per heavy atom. The van der Waals surface area contributed by atoms with Gasteiger partial charge < -0.3 is 4.90 Å². The number of hydrogen-bond acceptors (Lipinski definition) is 6. The van der Waals surface area contributed by atoms with Crippen LogP contribution in [0, 0.1) is 0 Å². The fourth-order valence-corrected chi connectivity index (χ4v) is 6.36. The molecule has 8 nitrogen and oxygen atoms in total. The monoisotopic (exact) mass is 439 g/mol. The van der Waals surface area contributed by atoms with Gasteiger partial charge in [-0.05, 0) is 22.8 Å². The lowest BCUT2D eigenvalue weighted by atomic mass is 10.0. The van der Waals surface area contributed by atoms with Crippen LogP contribution in [0.1, 0.15) is 22.5 Å². The van der Waals surface area contributed by atoms with Crippen molar-refractivity contribution in [3.63, 3.8) is 0 Å². The Hall–Kier alpha value is -2.78. The lowest BCUT2D eigenvalue weighted by Crippen LogP contribution is -2.52. The molecule has 0 N–H and O–H groups in total. The van der Waals surface area contributed by atoms with Gasteiger partial charge >= 0.3 is 0 Å². The molecule has 2 aromatic carbocycles. The second-order valence-corrected chi connectivity index (χ2v) is 10.6. The lowest BCUT2D eigenvalue weighted by Gasteiger charge is -2.37. The fourth-order valence-electron chi connectivity index (χ4n) is 4.59. The summed E-state index contributed by atoms with van der Waals surface area (Å²) in [5.74, 6) is 0.392. The first kappa shape index (κ1) is 20.1. The molecule has 2 aliphatic heterocycles. The molecule has 1 unspecified atom stereocenters. The number of sulfone groups is 1. The smallest absolute Gasteiger partial charge is 0.276 e. The molecule has 0 bridgehead atoms. The zero-order valence-electron chi connectivity index (χ0n) is 17.2. The highest BCUT2D eigenvalue weighted by molar-refractivity contribution is 7.91. The number of fused-ring (bicyclic) bond motifs is 1. The van der Waals surface area contributed by atoms with Crippen LogP contribution >= 0.6 is 0 Å². The summed E-state index contributed by atoms with van der Waals surface area (Å²) in [6, 6.07) is 14.5. The summed E-state index contributed by atoms with van der Waals surface area (Å²) in [6.07, 6.45) is 2.40. The minimum atomic E-state index is -2.90. The number of aromatic nitrogens is 3. The third-order valence-corrected chi connectivity index (χ3v) is 8.05. The maximum absolute atomic E-state index is 12.9. The molecule has 31 heavy (non-hydrogen) atoms. The summed E-state index contributed by atoms with van der Waals surface area (Å²) in [7, 11) is -2.90. The van der Waals surface area contributed by atoms with Crippen LogP contribution < -0.4 is 0 Å². The molecule has 0 radical (unpaired) electrons. The highest BCUT2D eigenvalue weighted by Gasteiger charge is 2.34. The van der Waals surface area contributed by atoms with Gasteiger partial charge in [0, 0.05) is 32.2 Å². The molecule has 2 fully saturated rings. The van der Waals surface area contributed by atoms with Crippen LogP contribution in [0.2, 0.25) is 0 Å². The molecule has 1 atom stereocenters. The highest BCUT2D eigenvalue weighted by atomic mass is 32.2. The normalized spacial score (nSPS) is 21.5. The Morgan fingerprint density at radius 2 is 1.81 bits per heavy atom. The summed E-state index contributed by atoms with van der Waals surface area (Å²) in [6.45, 7) is 3.08. The molecule has 3 heterocycles. The van der Waals surface area contributed by atoms with Crippen molar-refractivity contribution in [2.24, 2.45) is 0 Å². The van der Waals surface area contributed by atoms with Crippen LogP contribution in [0.5, 0.6) is 0 Å². The maximum Gasteiger partial charge on any atom is 0.276 e. The van der Waals surface area contributed by atoms with E-state index >= 15 is 0 Å². The molecule has 2 saturated heterocycles. The zero-order chi connectivity index (χ0) is 21.4. The van der Waals surface area contributed by atoms with Gasteiger partial charge in [-0.15, -0.1) is 5.10 Å². The number of amides is 1. The van der Waals surface area contributed by atoms with Crippen molar-refractivity contribution < 1.29 is 13.2 Å². The molecule has 162 valence electrons. The van der Waals surface area contributed by atoms with E-state index in [1.165, 1.54) is 10.8 Å². The molecule has 3 aromatic rings. The second-order valence-electron chi connectivity index (χ2n) is 8.32. The van der Waals surface area contributed by atoms with E-state index in [-0.39, 0.29) is 23.5 Å². The Kier molecular flexibility index (Phi) is 5.23. The fraction of sp³-hybridized carbons (Fsp3) is 0.409. The number of benzene rings is 2. The van der Waals surface area contributed by atoms with Crippen molar-refractivity contribution in [2.75, 3.05) is 37.7 Å². The Balaban J connectivity index is 1.23. The zero-order valence-corrected chi connectivity index (χ0v) is 18.0. The van der Waals surface area contributed by atoms with Gasteiger partial charge in [0.05, 0.1) is 24.2 Å². The third-order valence-electron chi connectivity index (χ3n) is 6.30. The molecule has 0 saturated carbocycles. The van der Waals surface area contributed by atoms with Crippen LogP contribution in [-0.4, -0.2) is 82.8 Å². The standard InChI is InChI=1S/C22H25N5O3S/c28-22(26-11-9-25(10-12-26)19-8-13-31(29,30)16-19)21-15-27(24-23-21)14-18-6-3-5-17-4-1-2-7-20(17)18/h1-7,15,19H,8-14,16H2. The third kappa shape index (κ3) is 4.20. The van der Waals surface area contributed by atoms with Gasteiger partial charge in [0.25, 0.3) is 5.91 Å². The van der Waals surface area contributed by atoms with Crippen molar-refractivity contribution in [1.82, 2.24) is 24.8 Å². The van der Waals surface area contributed by atoms with Crippen molar-refractivity contribution in [3.05, 3.63) is 59.9 Å². The van der Waals surface area contributed by atoms with Gasteiger partial charge in [-0.1, -0.05) is 47.7 Å². The Bertz CT molecular complexity index is 1210. The average Bonchev–Trinajstić information content (AvgIpc) is 3.40. The van der Waals surface area contributed by atoms with Crippen molar-refractivity contribution in [1.29, 1.82) is 0 Å². The molecular weight excluding hydrogens is 414 g/mol. The molecular formula is C22H25N5O3S.